The number of methoxy groups -OCH3 is 1. The number of ketones is 1. The number of likely N-dealkylation sites (tertiary alicyclic amines) is 1. The first kappa shape index (κ1) is 27.7. The highest BCUT2D eigenvalue weighted by Gasteiger charge is 2.53. The summed E-state index contributed by atoms with van der Waals surface area (Å²) in [4.78, 5) is 50.5. The van der Waals surface area contributed by atoms with Crippen LogP contribution in [0.4, 0.5) is 5.13 Å². The highest BCUT2D eigenvalue weighted by molar-refractivity contribution is 7.14. The molecule has 0 bridgehead atoms. The summed E-state index contributed by atoms with van der Waals surface area (Å²) in [6, 6.07) is 5.87. The van der Waals surface area contributed by atoms with Crippen LogP contribution in [-0.2, 0) is 19.1 Å². The molecule has 3 aliphatic heterocycles. The molecule has 0 radical (unpaired) electrons. The summed E-state index contributed by atoms with van der Waals surface area (Å²) in [6.45, 7) is 8.11. The number of Topliss-reactive ketones (excluding diaryl/α,β-unsaturated/α-hetero) is 1. The largest absolute Gasteiger partial charge is 0.377 e. The van der Waals surface area contributed by atoms with Crippen molar-refractivity contribution < 1.29 is 23.9 Å². The Kier molecular flexibility index (Phi) is 8.32. The van der Waals surface area contributed by atoms with Crippen molar-refractivity contribution in [3.63, 3.8) is 0 Å². The Hall–Kier alpha value is -2.86. The highest BCUT2D eigenvalue weighted by Crippen LogP contribution is 2.31. The highest BCUT2D eigenvalue weighted by atomic mass is 32.1. The molecule has 1 N–H and O–H groups in total. The van der Waals surface area contributed by atoms with Crippen molar-refractivity contribution in [2.75, 3.05) is 58.4 Å². The predicted molar refractivity (Wildman–Crippen MR) is 149 cm³/mol. The first-order valence-corrected chi connectivity index (χ1v) is 14.5. The molecule has 5 rings (SSSR count). The van der Waals surface area contributed by atoms with Gasteiger partial charge in [-0.1, -0.05) is 32.4 Å². The molecule has 210 valence electrons. The third-order valence-corrected chi connectivity index (χ3v) is 9.10. The standard InChI is InChI=1S/C28H37N5O5S/c1-5-17(2)23(27(36)33-14-22(37-4)25-24(33)21(34)15-38-25)30-26(35)19-8-6-18(7-9-19)20-16-39-28(29-20)32-12-10-31(3)11-13-32/h6-9,16-17,22-25H,5,10-15H2,1-4H3,(H,30,35)/t17-,22-,23-,24+,25+/m0/s1. The number of aromatic nitrogens is 1. The minimum Gasteiger partial charge on any atom is -0.377 e. The van der Waals surface area contributed by atoms with E-state index in [1.165, 1.54) is 4.90 Å². The van der Waals surface area contributed by atoms with Crippen LogP contribution in [0.5, 0.6) is 0 Å². The van der Waals surface area contributed by atoms with E-state index in [1.54, 1.807) is 30.6 Å². The molecule has 0 aliphatic carbocycles. The summed E-state index contributed by atoms with van der Waals surface area (Å²) in [5, 5.41) is 6.01. The van der Waals surface area contributed by atoms with Crippen LogP contribution in [0.2, 0.25) is 0 Å². The Morgan fingerprint density at radius 2 is 1.92 bits per heavy atom. The maximum absolute atomic E-state index is 13.7. The predicted octanol–water partition coefficient (Wildman–Crippen LogP) is 1.90. The number of amides is 2. The average Bonchev–Trinajstić information content (AvgIpc) is 3.68. The molecule has 3 fully saturated rings. The lowest BCUT2D eigenvalue weighted by Crippen LogP contribution is -2.54. The number of hydrogen-bond acceptors (Lipinski definition) is 9. The number of carbonyl (C=O) groups excluding carboxylic acids is 3. The maximum atomic E-state index is 13.7. The second kappa shape index (κ2) is 11.7. The Bertz CT molecular complexity index is 1200. The first-order chi connectivity index (χ1) is 18.8. The van der Waals surface area contributed by atoms with Crippen LogP contribution >= 0.6 is 11.3 Å². The average molecular weight is 556 g/mol. The number of hydrogen-bond donors (Lipinski definition) is 1. The molecule has 1 aromatic carbocycles. The van der Waals surface area contributed by atoms with E-state index in [1.807, 2.05) is 31.4 Å². The van der Waals surface area contributed by atoms with Crippen molar-refractivity contribution in [2.24, 2.45) is 5.92 Å². The van der Waals surface area contributed by atoms with E-state index in [4.69, 9.17) is 14.5 Å². The van der Waals surface area contributed by atoms with Crippen LogP contribution in [0.25, 0.3) is 11.3 Å². The fourth-order valence-electron chi connectivity index (χ4n) is 5.47. The molecule has 2 amide bonds. The smallest absolute Gasteiger partial charge is 0.251 e. The lowest BCUT2D eigenvalue weighted by atomic mass is 9.96. The van der Waals surface area contributed by atoms with E-state index in [-0.39, 0.29) is 42.8 Å². The Balaban J connectivity index is 1.27. The van der Waals surface area contributed by atoms with Gasteiger partial charge in [-0.2, -0.15) is 0 Å². The Labute approximate surface area is 233 Å². The van der Waals surface area contributed by atoms with Gasteiger partial charge in [0.1, 0.15) is 30.9 Å². The zero-order valence-electron chi connectivity index (χ0n) is 23.0. The molecule has 3 saturated heterocycles. The molecular formula is C28H37N5O5S. The number of nitrogens with zero attached hydrogens (tertiary/aromatic N) is 4. The van der Waals surface area contributed by atoms with Gasteiger partial charge >= 0.3 is 0 Å². The summed E-state index contributed by atoms with van der Waals surface area (Å²) in [5.41, 5.74) is 2.28. The van der Waals surface area contributed by atoms with Gasteiger partial charge in [-0.25, -0.2) is 4.98 Å². The van der Waals surface area contributed by atoms with Gasteiger partial charge < -0.3 is 29.5 Å². The van der Waals surface area contributed by atoms with E-state index in [2.05, 4.69) is 22.2 Å². The molecule has 3 aliphatic rings. The van der Waals surface area contributed by atoms with Gasteiger partial charge in [0.25, 0.3) is 5.91 Å². The maximum Gasteiger partial charge on any atom is 0.251 e. The van der Waals surface area contributed by atoms with Gasteiger partial charge in [-0.15, -0.1) is 11.3 Å². The SMILES string of the molecule is CC[C@H](C)[C@H](NC(=O)c1ccc(-c2csc(N3CCN(C)CC3)n2)cc1)C(=O)N1C[C@H](OC)[C@H]2OCC(=O)[C@H]21. The number of ether oxygens (including phenoxy) is 2. The topological polar surface area (TPSA) is 104 Å². The third-order valence-electron chi connectivity index (χ3n) is 8.20. The van der Waals surface area contributed by atoms with E-state index in [0.717, 1.165) is 42.6 Å². The monoisotopic (exact) mass is 555 g/mol. The van der Waals surface area contributed by atoms with Crippen LogP contribution < -0.4 is 10.2 Å². The number of thiazole rings is 1. The Morgan fingerprint density at radius 1 is 1.21 bits per heavy atom. The van der Waals surface area contributed by atoms with Gasteiger partial charge in [-0.05, 0) is 25.1 Å². The van der Waals surface area contributed by atoms with Gasteiger partial charge in [-0.3, -0.25) is 14.4 Å². The normalized spacial score (nSPS) is 25.0. The van der Waals surface area contributed by atoms with Crippen molar-refractivity contribution in [3.05, 3.63) is 35.2 Å². The van der Waals surface area contributed by atoms with Gasteiger partial charge in [0, 0.05) is 49.8 Å². The van der Waals surface area contributed by atoms with Crippen LogP contribution in [0, 0.1) is 5.92 Å². The second-order valence-corrected chi connectivity index (χ2v) is 11.5. The van der Waals surface area contributed by atoms with E-state index >= 15 is 0 Å². The molecule has 2 aromatic rings. The minimum atomic E-state index is -0.767. The summed E-state index contributed by atoms with van der Waals surface area (Å²) in [5.74, 6) is -0.858. The van der Waals surface area contributed by atoms with Crippen molar-refractivity contribution in [3.8, 4) is 11.3 Å². The van der Waals surface area contributed by atoms with E-state index < -0.39 is 18.2 Å². The lowest BCUT2D eigenvalue weighted by Gasteiger charge is -2.32. The van der Waals surface area contributed by atoms with Crippen molar-refractivity contribution in [2.45, 2.75) is 44.6 Å². The number of likely N-dealkylation sites (N-methyl/N-ethyl adjacent to an activating group) is 1. The number of rotatable bonds is 8. The number of piperazine rings is 1. The molecular weight excluding hydrogens is 518 g/mol. The van der Waals surface area contributed by atoms with Crippen LogP contribution in [0.15, 0.2) is 29.6 Å². The summed E-state index contributed by atoms with van der Waals surface area (Å²) < 4.78 is 11.1. The fourth-order valence-corrected chi connectivity index (χ4v) is 6.35. The zero-order chi connectivity index (χ0) is 27.7. The Morgan fingerprint density at radius 3 is 2.59 bits per heavy atom. The number of anilines is 1. The second-order valence-electron chi connectivity index (χ2n) is 10.7. The van der Waals surface area contributed by atoms with E-state index in [0.29, 0.717) is 12.0 Å². The molecule has 0 unspecified atom stereocenters. The van der Waals surface area contributed by atoms with Gasteiger partial charge in [0.2, 0.25) is 5.91 Å². The quantitative estimate of drug-likeness (QED) is 0.527. The minimum absolute atomic E-state index is 0.0263. The fraction of sp³-hybridized carbons (Fsp3) is 0.571. The van der Waals surface area contributed by atoms with Crippen LogP contribution in [-0.4, -0.2) is 110 Å². The number of nitrogens with one attached hydrogen (secondary N) is 1. The third kappa shape index (κ3) is 5.58. The zero-order valence-corrected chi connectivity index (χ0v) is 23.8. The van der Waals surface area contributed by atoms with Gasteiger partial charge in [0.15, 0.2) is 10.9 Å². The van der Waals surface area contributed by atoms with Crippen molar-refractivity contribution in [1.29, 1.82) is 0 Å². The van der Waals surface area contributed by atoms with E-state index in [9.17, 15) is 14.4 Å². The van der Waals surface area contributed by atoms with Crippen LogP contribution in [0.1, 0.15) is 30.6 Å². The number of carbonyl (C=O) groups is 3. The van der Waals surface area contributed by atoms with Crippen molar-refractivity contribution >= 4 is 34.1 Å². The lowest BCUT2D eigenvalue weighted by molar-refractivity contribution is -0.139. The molecule has 11 heteroatoms. The molecule has 0 spiro atoms. The molecule has 39 heavy (non-hydrogen) atoms. The molecule has 5 atom stereocenters. The first-order valence-electron chi connectivity index (χ1n) is 13.6. The summed E-state index contributed by atoms with van der Waals surface area (Å²) >= 11 is 1.63. The number of fused-ring (bicyclic) bond motifs is 1. The summed E-state index contributed by atoms with van der Waals surface area (Å²) in [7, 11) is 3.69. The molecule has 1 aromatic heterocycles. The van der Waals surface area contributed by atoms with Gasteiger partial charge in [0.05, 0.1) is 12.2 Å². The molecule has 0 saturated carbocycles. The van der Waals surface area contributed by atoms with Crippen LogP contribution in [0.3, 0.4) is 0 Å². The molecule has 10 nitrogen and oxygen atoms in total. The van der Waals surface area contributed by atoms with Crippen molar-refractivity contribution in [1.82, 2.24) is 20.1 Å². The molecule has 4 heterocycles. The number of benzene rings is 1. The summed E-state index contributed by atoms with van der Waals surface area (Å²) in [6.07, 6.45) is -0.140.